The zero-order chi connectivity index (χ0) is 9.84. The van der Waals surface area contributed by atoms with Gasteiger partial charge in [-0.3, -0.25) is 0 Å². The lowest BCUT2D eigenvalue weighted by Crippen LogP contribution is -2.28. The van der Waals surface area contributed by atoms with E-state index in [0.717, 1.165) is 0 Å². The van der Waals surface area contributed by atoms with E-state index in [-0.39, 0.29) is 6.04 Å². The van der Waals surface area contributed by atoms with Crippen LogP contribution in [0.25, 0.3) is 0 Å². The van der Waals surface area contributed by atoms with E-state index in [1.165, 1.54) is 5.56 Å². The second-order valence-corrected chi connectivity index (χ2v) is 4.04. The van der Waals surface area contributed by atoms with Crippen molar-refractivity contribution in [2.75, 3.05) is 0 Å². The molecule has 2 N–H and O–H groups in total. The van der Waals surface area contributed by atoms with E-state index < -0.39 is 0 Å². The molecule has 1 aromatic carbocycles. The first kappa shape index (κ1) is 10.3. The van der Waals surface area contributed by atoms with E-state index in [9.17, 15) is 0 Å². The van der Waals surface area contributed by atoms with E-state index in [0.29, 0.717) is 11.8 Å². The van der Waals surface area contributed by atoms with Gasteiger partial charge in [-0.15, -0.1) is 0 Å². The Morgan fingerprint density at radius 3 is 1.92 bits per heavy atom. The Hall–Kier alpha value is -0.820. The van der Waals surface area contributed by atoms with E-state index in [1.807, 2.05) is 6.07 Å². The minimum atomic E-state index is 0.224. The van der Waals surface area contributed by atoms with Crippen molar-refractivity contribution in [2.24, 2.45) is 11.7 Å². The Labute approximate surface area is 81.0 Å². The van der Waals surface area contributed by atoms with Gasteiger partial charge < -0.3 is 5.73 Å². The fourth-order valence-corrected chi connectivity index (χ4v) is 1.97. The SMILES string of the molecule is CC(C)[C@@H](c1ccccc1)[C@H](C)N. The number of hydrogen-bond acceptors (Lipinski definition) is 1. The zero-order valence-electron chi connectivity index (χ0n) is 8.70. The summed E-state index contributed by atoms with van der Waals surface area (Å²) in [5.74, 6) is 1.07. The van der Waals surface area contributed by atoms with Crippen molar-refractivity contribution in [1.82, 2.24) is 0 Å². The predicted octanol–water partition coefficient (Wildman–Crippen LogP) is 2.77. The van der Waals surface area contributed by atoms with Crippen LogP contribution in [0.1, 0.15) is 32.3 Å². The molecule has 0 radical (unpaired) electrons. The van der Waals surface area contributed by atoms with Gasteiger partial charge in [-0.1, -0.05) is 44.2 Å². The van der Waals surface area contributed by atoms with Crippen LogP contribution in [0.5, 0.6) is 0 Å². The van der Waals surface area contributed by atoms with Crippen molar-refractivity contribution in [3.05, 3.63) is 35.9 Å². The highest BCUT2D eigenvalue weighted by Gasteiger charge is 2.19. The molecular weight excluding hydrogens is 158 g/mol. The van der Waals surface area contributed by atoms with Crippen molar-refractivity contribution in [3.8, 4) is 0 Å². The number of nitrogens with two attached hydrogens (primary N) is 1. The average molecular weight is 177 g/mol. The Morgan fingerprint density at radius 2 is 1.54 bits per heavy atom. The second kappa shape index (κ2) is 4.43. The van der Waals surface area contributed by atoms with Crippen LogP contribution < -0.4 is 5.73 Å². The third-order valence-electron chi connectivity index (χ3n) is 2.47. The summed E-state index contributed by atoms with van der Waals surface area (Å²) in [6.45, 7) is 6.53. The first-order valence-electron chi connectivity index (χ1n) is 4.93. The molecular formula is C12H19N. The third-order valence-corrected chi connectivity index (χ3v) is 2.47. The molecule has 0 aliphatic heterocycles. The number of rotatable bonds is 3. The van der Waals surface area contributed by atoms with Gasteiger partial charge >= 0.3 is 0 Å². The highest BCUT2D eigenvalue weighted by Crippen LogP contribution is 2.26. The molecule has 0 bridgehead atoms. The largest absolute Gasteiger partial charge is 0.327 e. The molecule has 1 rings (SSSR count). The number of hydrogen-bond donors (Lipinski definition) is 1. The highest BCUT2D eigenvalue weighted by atomic mass is 14.6. The lowest BCUT2D eigenvalue weighted by Gasteiger charge is -2.24. The van der Waals surface area contributed by atoms with Crippen molar-refractivity contribution < 1.29 is 0 Å². The molecule has 0 unspecified atom stereocenters. The second-order valence-electron chi connectivity index (χ2n) is 4.04. The summed E-state index contributed by atoms with van der Waals surface area (Å²) in [5.41, 5.74) is 7.32. The summed E-state index contributed by atoms with van der Waals surface area (Å²) in [4.78, 5) is 0. The molecule has 1 heteroatoms. The molecule has 0 amide bonds. The quantitative estimate of drug-likeness (QED) is 0.755. The molecule has 0 aliphatic carbocycles. The lowest BCUT2D eigenvalue weighted by atomic mass is 9.84. The fourth-order valence-electron chi connectivity index (χ4n) is 1.97. The Bertz CT molecular complexity index is 231. The normalized spacial score (nSPS) is 15.8. The lowest BCUT2D eigenvalue weighted by molar-refractivity contribution is 0.436. The number of benzene rings is 1. The Balaban J connectivity index is 2.89. The van der Waals surface area contributed by atoms with E-state index in [1.54, 1.807) is 0 Å². The van der Waals surface area contributed by atoms with Crippen LogP contribution in [0.15, 0.2) is 30.3 Å². The zero-order valence-corrected chi connectivity index (χ0v) is 8.70. The van der Waals surface area contributed by atoms with Gasteiger partial charge in [0.1, 0.15) is 0 Å². The predicted molar refractivity (Wildman–Crippen MR) is 57.7 cm³/mol. The van der Waals surface area contributed by atoms with Crippen LogP contribution in [0.2, 0.25) is 0 Å². The molecule has 0 saturated carbocycles. The summed E-state index contributed by atoms with van der Waals surface area (Å²) >= 11 is 0. The van der Waals surface area contributed by atoms with Crippen molar-refractivity contribution in [2.45, 2.75) is 32.7 Å². The van der Waals surface area contributed by atoms with Crippen LogP contribution in [-0.4, -0.2) is 6.04 Å². The highest BCUT2D eigenvalue weighted by molar-refractivity contribution is 5.21. The smallest absolute Gasteiger partial charge is 0.00817 e. The average Bonchev–Trinajstić information content (AvgIpc) is 2.04. The van der Waals surface area contributed by atoms with Gasteiger partial charge in [-0.25, -0.2) is 0 Å². The maximum absolute atomic E-state index is 5.97. The van der Waals surface area contributed by atoms with Crippen molar-refractivity contribution >= 4 is 0 Å². The van der Waals surface area contributed by atoms with Crippen molar-refractivity contribution in [1.29, 1.82) is 0 Å². The molecule has 1 nitrogen and oxygen atoms in total. The van der Waals surface area contributed by atoms with Gasteiger partial charge in [0.05, 0.1) is 0 Å². The summed E-state index contributed by atoms with van der Waals surface area (Å²) < 4.78 is 0. The van der Waals surface area contributed by atoms with Crippen molar-refractivity contribution in [3.63, 3.8) is 0 Å². The van der Waals surface area contributed by atoms with Gasteiger partial charge in [-0.2, -0.15) is 0 Å². The van der Waals surface area contributed by atoms with E-state index >= 15 is 0 Å². The molecule has 13 heavy (non-hydrogen) atoms. The molecule has 0 aliphatic rings. The summed E-state index contributed by atoms with van der Waals surface area (Å²) in [7, 11) is 0. The summed E-state index contributed by atoms with van der Waals surface area (Å²) in [6, 6.07) is 10.7. The molecule has 0 heterocycles. The summed E-state index contributed by atoms with van der Waals surface area (Å²) in [5, 5.41) is 0. The first-order chi connectivity index (χ1) is 6.13. The van der Waals surface area contributed by atoms with Gasteiger partial charge in [0.25, 0.3) is 0 Å². The van der Waals surface area contributed by atoms with Gasteiger partial charge in [-0.05, 0) is 18.4 Å². The van der Waals surface area contributed by atoms with Crippen LogP contribution in [-0.2, 0) is 0 Å². The maximum Gasteiger partial charge on any atom is 0.00817 e. The van der Waals surface area contributed by atoms with E-state index in [2.05, 4.69) is 45.0 Å². The molecule has 0 saturated heterocycles. The Kier molecular flexibility index (Phi) is 3.49. The van der Waals surface area contributed by atoms with Crippen LogP contribution in [0.3, 0.4) is 0 Å². The van der Waals surface area contributed by atoms with Crippen LogP contribution >= 0.6 is 0 Å². The van der Waals surface area contributed by atoms with Gasteiger partial charge in [0.15, 0.2) is 0 Å². The third kappa shape index (κ3) is 2.56. The summed E-state index contributed by atoms with van der Waals surface area (Å²) in [6.07, 6.45) is 0. The topological polar surface area (TPSA) is 26.0 Å². The Morgan fingerprint density at radius 1 is 1.00 bits per heavy atom. The van der Waals surface area contributed by atoms with Crippen LogP contribution in [0.4, 0.5) is 0 Å². The van der Waals surface area contributed by atoms with Gasteiger partial charge in [0, 0.05) is 12.0 Å². The fraction of sp³-hybridized carbons (Fsp3) is 0.500. The van der Waals surface area contributed by atoms with Crippen LogP contribution in [0, 0.1) is 5.92 Å². The molecule has 0 aromatic heterocycles. The molecule has 0 spiro atoms. The minimum absolute atomic E-state index is 0.224. The molecule has 0 fully saturated rings. The van der Waals surface area contributed by atoms with Gasteiger partial charge in [0.2, 0.25) is 0 Å². The standard InChI is InChI=1S/C12H19N/c1-9(2)12(10(3)13)11-7-5-4-6-8-11/h4-10,12H,13H2,1-3H3/t10-,12+/m0/s1. The molecule has 2 atom stereocenters. The van der Waals surface area contributed by atoms with E-state index in [4.69, 9.17) is 5.73 Å². The first-order valence-corrected chi connectivity index (χ1v) is 4.93. The molecule has 1 aromatic rings. The molecule has 72 valence electrons. The monoisotopic (exact) mass is 177 g/mol. The maximum atomic E-state index is 5.97. The minimum Gasteiger partial charge on any atom is -0.327 e.